The molecule has 1 aliphatic heterocycles. The van der Waals surface area contributed by atoms with Gasteiger partial charge in [0.15, 0.2) is 0 Å². The minimum atomic E-state index is 0.229. The van der Waals surface area contributed by atoms with Gasteiger partial charge in [-0.1, -0.05) is 19.8 Å². The average Bonchev–Trinajstić information content (AvgIpc) is 3.16. The van der Waals surface area contributed by atoms with E-state index in [-0.39, 0.29) is 5.54 Å². The average molecular weight is 253 g/mol. The molecule has 0 bridgehead atoms. The van der Waals surface area contributed by atoms with Crippen LogP contribution in [0.15, 0.2) is 0 Å². The normalized spacial score (nSPS) is 31.0. The van der Waals surface area contributed by atoms with Crippen LogP contribution in [0.4, 0.5) is 0 Å². The summed E-state index contributed by atoms with van der Waals surface area (Å²) in [7, 11) is 2.26. The van der Waals surface area contributed by atoms with Crippen LogP contribution in [0.2, 0.25) is 0 Å². The van der Waals surface area contributed by atoms with E-state index in [9.17, 15) is 0 Å². The maximum absolute atomic E-state index is 6.16. The number of hydrogen-bond donors (Lipinski definition) is 1. The van der Waals surface area contributed by atoms with Gasteiger partial charge in [0.25, 0.3) is 0 Å². The maximum Gasteiger partial charge on any atom is 0.0309 e. The third-order valence-electron chi connectivity index (χ3n) is 4.93. The molecule has 18 heavy (non-hydrogen) atoms. The van der Waals surface area contributed by atoms with Crippen LogP contribution in [-0.2, 0) is 0 Å². The molecule has 2 rings (SSSR count). The molecule has 2 aliphatic rings. The molecule has 1 aliphatic carbocycles. The van der Waals surface area contributed by atoms with Crippen LogP contribution in [0.1, 0.15) is 46.0 Å². The molecule has 1 saturated carbocycles. The van der Waals surface area contributed by atoms with E-state index in [2.05, 4.69) is 30.7 Å². The molecule has 106 valence electrons. The number of hydrogen-bond acceptors (Lipinski definition) is 3. The Morgan fingerprint density at radius 2 is 2.00 bits per heavy atom. The Labute approximate surface area is 113 Å². The van der Waals surface area contributed by atoms with Crippen LogP contribution >= 0.6 is 0 Å². The molecule has 1 heterocycles. The number of likely N-dealkylation sites (N-methyl/N-ethyl adjacent to an activating group) is 1. The summed E-state index contributed by atoms with van der Waals surface area (Å²) in [6, 6.07) is 0.685. The van der Waals surface area contributed by atoms with E-state index in [4.69, 9.17) is 5.73 Å². The van der Waals surface area contributed by atoms with Gasteiger partial charge >= 0.3 is 0 Å². The molecular formula is C15H31N3. The lowest BCUT2D eigenvalue weighted by Crippen LogP contribution is -2.57. The molecule has 0 aromatic heterocycles. The van der Waals surface area contributed by atoms with E-state index >= 15 is 0 Å². The van der Waals surface area contributed by atoms with E-state index in [1.807, 2.05) is 0 Å². The summed E-state index contributed by atoms with van der Waals surface area (Å²) in [5.74, 6) is 0.956. The first kappa shape index (κ1) is 14.3. The largest absolute Gasteiger partial charge is 0.329 e. The SMILES string of the molecule is CCC1CN(C)CCCN1C(C)(CN)CC1CC1. The molecule has 2 atom stereocenters. The second kappa shape index (κ2) is 5.89. The standard InChI is InChI=1S/C15H31N3/c1-4-14-11-17(3)8-5-9-18(14)15(2,12-16)10-13-6-7-13/h13-14H,4-12,16H2,1-3H3. The zero-order valence-electron chi connectivity index (χ0n) is 12.5. The molecule has 2 unspecified atom stereocenters. The van der Waals surface area contributed by atoms with Crippen molar-refractivity contribution in [2.45, 2.75) is 57.5 Å². The Balaban J connectivity index is 2.09. The van der Waals surface area contributed by atoms with Crippen molar-refractivity contribution in [3.05, 3.63) is 0 Å². The summed E-state index contributed by atoms with van der Waals surface area (Å²) in [4.78, 5) is 5.23. The molecule has 3 heteroatoms. The lowest BCUT2D eigenvalue weighted by molar-refractivity contribution is 0.0492. The first-order valence-electron chi connectivity index (χ1n) is 7.74. The van der Waals surface area contributed by atoms with Crippen molar-refractivity contribution in [2.24, 2.45) is 11.7 Å². The molecule has 0 aromatic rings. The fraction of sp³-hybridized carbons (Fsp3) is 1.00. The van der Waals surface area contributed by atoms with Crippen molar-refractivity contribution < 1.29 is 0 Å². The number of rotatable bonds is 5. The van der Waals surface area contributed by atoms with E-state index in [1.165, 1.54) is 51.7 Å². The summed E-state index contributed by atoms with van der Waals surface area (Å²) in [6.45, 7) is 9.20. The Morgan fingerprint density at radius 1 is 1.28 bits per heavy atom. The topological polar surface area (TPSA) is 32.5 Å². The molecule has 0 amide bonds. The van der Waals surface area contributed by atoms with Crippen molar-refractivity contribution in [2.75, 3.05) is 33.2 Å². The smallest absolute Gasteiger partial charge is 0.0309 e. The quantitative estimate of drug-likeness (QED) is 0.812. The van der Waals surface area contributed by atoms with E-state index in [1.54, 1.807) is 0 Å². The molecule has 0 aromatic carbocycles. The first-order chi connectivity index (χ1) is 8.59. The van der Waals surface area contributed by atoms with Gasteiger partial charge in [-0.3, -0.25) is 4.90 Å². The second-order valence-electron chi connectivity index (χ2n) is 6.72. The molecule has 2 fully saturated rings. The number of nitrogens with two attached hydrogens (primary N) is 1. The Bertz CT molecular complexity index is 264. The summed E-state index contributed by atoms with van der Waals surface area (Å²) < 4.78 is 0. The monoisotopic (exact) mass is 253 g/mol. The predicted molar refractivity (Wildman–Crippen MR) is 77.7 cm³/mol. The van der Waals surface area contributed by atoms with Crippen molar-refractivity contribution in [3.63, 3.8) is 0 Å². The van der Waals surface area contributed by atoms with Gasteiger partial charge in [0, 0.05) is 31.2 Å². The minimum absolute atomic E-state index is 0.229. The summed E-state index contributed by atoms with van der Waals surface area (Å²) in [5, 5.41) is 0. The minimum Gasteiger partial charge on any atom is -0.329 e. The third kappa shape index (κ3) is 3.25. The highest BCUT2D eigenvalue weighted by Gasteiger charge is 2.40. The zero-order valence-corrected chi connectivity index (χ0v) is 12.5. The number of nitrogens with zero attached hydrogens (tertiary/aromatic N) is 2. The van der Waals surface area contributed by atoms with E-state index in [0.29, 0.717) is 6.04 Å². The fourth-order valence-electron chi connectivity index (χ4n) is 3.57. The van der Waals surface area contributed by atoms with Crippen molar-refractivity contribution in [3.8, 4) is 0 Å². The van der Waals surface area contributed by atoms with Gasteiger partial charge in [0.1, 0.15) is 0 Å². The summed E-state index contributed by atoms with van der Waals surface area (Å²) >= 11 is 0. The van der Waals surface area contributed by atoms with Crippen molar-refractivity contribution in [1.82, 2.24) is 9.80 Å². The Morgan fingerprint density at radius 3 is 2.56 bits per heavy atom. The summed E-state index contributed by atoms with van der Waals surface area (Å²) in [5.41, 5.74) is 6.39. The highest BCUT2D eigenvalue weighted by molar-refractivity contribution is 4.96. The molecule has 3 nitrogen and oxygen atoms in total. The third-order valence-corrected chi connectivity index (χ3v) is 4.93. The van der Waals surface area contributed by atoms with Crippen LogP contribution in [0, 0.1) is 5.92 Å². The van der Waals surface area contributed by atoms with Gasteiger partial charge < -0.3 is 10.6 Å². The van der Waals surface area contributed by atoms with Crippen molar-refractivity contribution >= 4 is 0 Å². The first-order valence-corrected chi connectivity index (χ1v) is 7.74. The Kier molecular flexibility index (Phi) is 4.68. The maximum atomic E-state index is 6.16. The lowest BCUT2D eigenvalue weighted by Gasteiger charge is -2.45. The van der Waals surface area contributed by atoms with Gasteiger partial charge in [-0.15, -0.1) is 0 Å². The second-order valence-corrected chi connectivity index (χ2v) is 6.72. The van der Waals surface area contributed by atoms with E-state index < -0.39 is 0 Å². The lowest BCUT2D eigenvalue weighted by atomic mass is 9.90. The molecule has 0 radical (unpaired) electrons. The Hall–Kier alpha value is -0.120. The molecule has 0 spiro atoms. The summed E-state index contributed by atoms with van der Waals surface area (Å²) in [6.07, 6.45) is 6.70. The van der Waals surface area contributed by atoms with Crippen LogP contribution < -0.4 is 5.73 Å². The molecular weight excluding hydrogens is 222 g/mol. The zero-order chi connectivity index (χ0) is 13.2. The highest BCUT2D eigenvalue weighted by atomic mass is 15.3. The van der Waals surface area contributed by atoms with Gasteiger partial charge in [-0.25, -0.2) is 0 Å². The van der Waals surface area contributed by atoms with Gasteiger partial charge in [-0.2, -0.15) is 0 Å². The van der Waals surface area contributed by atoms with E-state index in [0.717, 1.165) is 12.5 Å². The van der Waals surface area contributed by atoms with Gasteiger partial charge in [-0.05, 0) is 45.7 Å². The highest BCUT2D eigenvalue weighted by Crippen LogP contribution is 2.39. The van der Waals surface area contributed by atoms with Crippen molar-refractivity contribution in [1.29, 1.82) is 0 Å². The predicted octanol–water partition coefficient (Wildman–Crippen LogP) is 1.92. The van der Waals surface area contributed by atoms with Crippen LogP contribution in [-0.4, -0.2) is 54.6 Å². The van der Waals surface area contributed by atoms with Crippen LogP contribution in [0.25, 0.3) is 0 Å². The van der Waals surface area contributed by atoms with Crippen LogP contribution in [0.3, 0.4) is 0 Å². The van der Waals surface area contributed by atoms with Gasteiger partial charge in [0.2, 0.25) is 0 Å². The van der Waals surface area contributed by atoms with Gasteiger partial charge in [0.05, 0.1) is 0 Å². The molecule has 2 N–H and O–H groups in total. The van der Waals surface area contributed by atoms with Crippen LogP contribution in [0.5, 0.6) is 0 Å². The fourth-order valence-corrected chi connectivity index (χ4v) is 3.57. The molecule has 1 saturated heterocycles.